The molecule has 112 valence electrons. The van der Waals surface area contributed by atoms with Crippen LogP contribution in [0.25, 0.3) is 0 Å². The number of halogens is 1. The highest BCUT2D eigenvalue weighted by molar-refractivity contribution is 6.33. The first-order valence-corrected chi connectivity index (χ1v) is 7.48. The predicted molar refractivity (Wildman–Crippen MR) is 90.7 cm³/mol. The number of hydrogen-bond acceptors (Lipinski definition) is 2. The van der Waals surface area contributed by atoms with Crippen LogP contribution in [0.15, 0.2) is 30.3 Å². The van der Waals surface area contributed by atoms with Crippen molar-refractivity contribution >= 4 is 17.3 Å². The summed E-state index contributed by atoms with van der Waals surface area (Å²) in [6, 6.07) is 10.3. The van der Waals surface area contributed by atoms with Gasteiger partial charge < -0.3 is 10.1 Å². The molecule has 2 nitrogen and oxygen atoms in total. The lowest BCUT2D eigenvalue weighted by atomic mass is 9.96. The van der Waals surface area contributed by atoms with E-state index in [0.29, 0.717) is 5.02 Å². The molecule has 2 aromatic carbocycles. The van der Waals surface area contributed by atoms with E-state index in [1.807, 2.05) is 18.2 Å². The monoisotopic (exact) mass is 303 g/mol. The van der Waals surface area contributed by atoms with Crippen LogP contribution in [0.1, 0.15) is 35.2 Å². The molecular formula is C18H22ClNO. The van der Waals surface area contributed by atoms with Crippen molar-refractivity contribution in [1.29, 1.82) is 0 Å². The first kappa shape index (κ1) is 15.7. The molecule has 1 unspecified atom stereocenters. The number of benzene rings is 2. The molecule has 1 atom stereocenters. The van der Waals surface area contributed by atoms with Crippen LogP contribution in [0.3, 0.4) is 0 Å². The van der Waals surface area contributed by atoms with Crippen LogP contribution < -0.4 is 10.1 Å². The van der Waals surface area contributed by atoms with Crippen molar-refractivity contribution < 1.29 is 4.74 Å². The Morgan fingerprint density at radius 2 is 1.67 bits per heavy atom. The molecular weight excluding hydrogens is 282 g/mol. The van der Waals surface area contributed by atoms with E-state index in [1.165, 1.54) is 22.3 Å². The summed E-state index contributed by atoms with van der Waals surface area (Å²) in [5, 5.41) is 4.18. The zero-order valence-electron chi connectivity index (χ0n) is 13.3. The van der Waals surface area contributed by atoms with E-state index in [-0.39, 0.29) is 6.04 Å². The number of nitrogens with one attached hydrogen (secondary N) is 1. The third-order valence-corrected chi connectivity index (χ3v) is 4.22. The van der Waals surface area contributed by atoms with E-state index >= 15 is 0 Å². The van der Waals surface area contributed by atoms with Crippen LogP contribution in [0.5, 0.6) is 5.75 Å². The smallest absolute Gasteiger partial charge is 0.121 e. The molecule has 0 aliphatic heterocycles. The van der Waals surface area contributed by atoms with Gasteiger partial charge in [-0.3, -0.25) is 0 Å². The van der Waals surface area contributed by atoms with Crippen LogP contribution >= 0.6 is 11.6 Å². The normalized spacial score (nSPS) is 12.1. The fraction of sp³-hybridized carbons (Fsp3) is 0.333. The van der Waals surface area contributed by atoms with Gasteiger partial charge in [0.15, 0.2) is 0 Å². The third kappa shape index (κ3) is 3.51. The van der Waals surface area contributed by atoms with E-state index in [9.17, 15) is 0 Å². The zero-order chi connectivity index (χ0) is 15.6. The standard InChI is InChI=1S/C18H22ClNO/c1-11-8-13(3)16(9-12(11)2)14(4)20-18-10-15(21-5)6-7-17(18)19/h6-10,14,20H,1-5H3. The van der Waals surface area contributed by atoms with Gasteiger partial charge in [-0.05, 0) is 62.1 Å². The summed E-state index contributed by atoms with van der Waals surface area (Å²) in [5.74, 6) is 0.797. The molecule has 0 fully saturated rings. The van der Waals surface area contributed by atoms with Gasteiger partial charge in [-0.2, -0.15) is 0 Å². The van der Waals surface area contributed by atoms with Crippen molar-refractivity contribution in [1.82, 2.24) is 0 Å². The number of anilines is 1. The maximum atomic E-state index is 6.26. The molecule has 0 saturated heterocycles. The Bertz CT molecular complexity index is 652. The fourth-order valence-electron chi connectivity index (χ4n) is 2.50. The Morgan fingerprint density at radius 3 is 2.33 bits per heavy atom. The van der Waals surface area contributed by atoms with Gasteiger partial charge in [0.1, 0.15) is 5.75 Å². The lowest BCUT2D eigenvalue weighted by Gasteiger charge is -2.20. The van der Waals surface area contributed by atoms with E-state index in [4.69, 9.17) is 16.3 Å². The molecule has 0 radical (unpaired) electrons. The van der Waals surface area contributed by atoms with Gasteiger partial charge >= 0.3 is 0 Å². The van der Waals surface area contributed by atoms with Crippen LogP contribution in [-0.2, 0) is 0 Å². The summed E-state index contributed by atoms with van der Waals surface area (Å²) in [7, 11) is 1.66. The van der Waals surface area contributed by atoms with Gasteiger partial charge in [0.05, 0.1) is 17.8 Å². The van der Waals surface area contributed by atoms with E-state index < -0.39 is 0 Å². The zero-order valence-corrected chi connectivity index (χ0v) is 14.0. The Hall–Kier alpha value is -1.67. The fourth-order valence-corrected chi connectivity index (χ4v) is 2.67. The topological polar surface area (TPSA) is 21.3 Å². The average Bonchev–Trinajstić information content (AvgIpc) is 2.45. The van der Waals surface area contributed by atoms with Crippen molar-refractivity contribution in [2.45, 2.75) is 33.7 Å². The van der Waals surface area contributed by atoms with Crippen molar-refractivity contribution in [3.8, 4) is 5.75 Å². The van der Waals surface area contributed by atoms with E-state index in [2.05, 4.69) is 45.1 Å². The van der Waals surface area contributed by atoms with Crippen LogP contribution in [0.4, 0.5) is 5.69 Å². The van der Waals surface area contributed by atoms with Crippen LogP contribution in [0.2, 0.25) is 5.02 Å². The maximum Gasteiger partial charge on any atom is 0.121 e. The van der Waals surface area contributed by atoms with Gasteiger partial charge in [-0.25, -0.2) is 0 Å². The second-order valence-corrected chi connectivity index (χ2v) is 5.91. The van der Waals surface area contributed by atoms with Gasteiger partial charge in [0.2, 0.25) is 0 Å². The Morgan fingerprint density at radius 1 is 1.00 bits per heavy atom. The highest BCUT2D eigenvalue weighted by Crippen LogP contribution is 2.31. The molecule has 0 heterocycles. The second-order valence-electron chi connectivity index (χ2n) is 5.50. The minimum absolute atomic E-state index is 0.175. The second kappa shape index (κ2) is 6.40. The molecule has 0 bridgehead atoms. The molecule has 0 saturated carbocycles. The molecule has 0 aromatic heterocycles. The Labute approximate surface area is 132 Å². The van der Waals surface area contributed by atoms with E-state index in [0.717, 1.165) is 11.4 Å². The first-order valence-electron chi connectivity index (χ1n) is 7.10. The SMILES string of the molecule is COc1ccc(Cl)c(NC(C)c2cc(C)c(C)cc2C)c1. The molecule has 2 rings (SSSR count). The summed E-state index contributed by atoms with van der Waals surface area (Å²) >= 11 is 6.26. The highest BCUT2D eigenvalue weighted by atomic mass is 35.5. The highest BCUT2D eigenvalue weighted by Gasteiger charge is 2.12. The molecule has 2 aromatic rings. The molecule has 1 N–H and O–H groups in total. The summed E-state index contributed by atoms with van der Waals surface area (Å²) in [5.41, 5.74) is 6.10. The van der Waals surface area contributed by atoms with Gasteiger partial charge in [0, 0.05) is 12.1 Å². The van der Waals surface area contributed by atoms with Gasteiger partial charge in [0.25, 0.3) is 0 Å². The van der Waals surface area contributed by atoms with Crippen molar-refractivity contribution in [3.05, 3.63) is 57.6 Å². The summed E-state index contributed by atoms with van der Waals surface area (Å²) in [4.78, 5) is 0. The van der Waals surface area contributed by atoms with Crippen molar-refractivity contribution in [3.63, 3.8) is 0 Å². The number of ether oxygens (including phenoxy) is 1. The minimum Gasteiger partial charge on any atom is -0.497 e. The molecule has 0 spiro atoms. The number of hydrogen-bond donors (Lipinski definition) is 1. The average molecular weight is 304 g/mol. The first-order chi connectivity index (χ1) is 9.92. The molecule has 0 aliphatic rings. The number of rotatable bonds is 4. The Kier molecular flexibility index (Phi) is 4.79. The maximum absolute atomic E-state index is 6.26. The summed E-state index contributed by atoms with van der Waals surface area (Å²) in [6.45, 7) is 8.58. The Balaban J connectivity index is 2.30. The van der Waals surface area contributed by atoms with Crippen LogP contribution in [0, 0.1) is 20.8 Å². The third-order valence-electron chi connectivity index (χ3n) is 3.89. The van der Waals surface area contributed by atoms with E-state index in [1.54, 1.807) is 7.11 Å². The minimum atomic E-state index is 0.175. The molecule has 21 heavy (non-hydrogen) atoms. The van der Waals surface area contributed by atoms with Crippen molar-refractivity contribution in [2.24, 2.45) is 0 Å². The lowest BCUT2D eigenvalue weighted by molar-refractivity contribution is 0.415. The van der Waals surface area contributed by atoms with Gasteiger partial charge in [-0.15, -0.1) is 0 Å². The quantitative estimate of drug-likeness (QED) is 0.811. The van der Waals surface area contributed by atoms with Crippen LogP contribution in [-0.4, -0.2) is 7.11 Å². The lowest BCUT2D eigenvalue weighted by Crippen LogP contribution is -2.09. The van der Waals surface area contributed by atoms with Crippen molar-refractivity contribution in [2.75, 3.05) is 12.4 Å². The summed E-state index contributed by atoms with van der Waals surface area (Å²) in [6.07, 6.45) is 0. The van der Waals surface area contributed by atoms with Gasteiger partial charge in [-0.1, -0.05) is 23.7 Å². The predicted octanol–water partition coefficient (Wildman–Crippen LogP) is 5.45. The molecule has 0 amide bonds. The molecule has 3 heteroatoms. The number of methoxy groups -OCH3 is 1. The number of aryl methyl sites for hydroxylation is 3. The summed E-state index contributed by atoms with van der Waals surface area (Å²) < 4.78 is 5.26. The largest absolute Gasteiger partial charge is 0.497 e. The molecule has 0 aliphatic carbocycles.